The Hall–Kier alpha value is -2.81. The highest BCUT2D eigenvalue weighted by molar-refractivity contribution is 6.04. The summed E-state index contributed by atoms with van der Waals surface area (Å²) in [5.41, 5.74) is 7.96. The van der Waals surface area contributed by atoms with Gasteiger partial charge in [0.05, 0.1) is 0 Å². The largest absolute Gasteiger partial charge is 0.353 e. The van der Waals surface area contributed by atoms with Crippen LogP contribution < -0.4 is 16.4 Å². The Bertz CT molecular complexity index is 848. The minimum absolute atomic E-state index is 0.213. The lowest BCUT2D eigenvalue weighted by Gasteiger charge is -2.36. The highest BCUT2D eigenvalue weighted by Gasteiger charge is 2.20. The van der Waals surface area contributed by atoms with Crippen LogP contribution in [0.5, 0.6) is 0 Å². The number of nitrogens with one attached hydrogen (secondary N) is 2. The number of benzene rings is 1. The second kappa shape index (κ2) is 11.0. The Morgan fingerprint density at radius 3 is 2.29 bits per heavy atom. The summed E-state index contributed by atoms with van der Waals surface area (Å²) in [7, 11) is 0. The zero-order chi connectivity index (χ0) is 22.2. The maximum atomic E-state index is 12.4. The summed E-state index contributed by atoms with van der Waals surface area (Å²) in [4.78, 5) is 33.5. The molecule has 4 N–H and O–H groups in total. The summed E-state index contributed by atoms with van der Waals surface area (Å²) in [6.45, 7) is 9.98. The summed E-state index contributed by atoms with van der Waals surface area (Å²) >= 11 is 0. The van der Waals surface area contributed by atoms with E-state index in [1.807, 2.05) is 0 Å². The molecule has 166 valence electrons. The van der Waals surface area contributed by atoms with Gasteiger partial charge in [0.15, 0.2) is 0 Å². The molecular weight excluding hydrogens is 392 g/mol. The predicted octanol–water partition coefficient (Wildman–Crippen LogP) is 1.48. The highest BCUT2D eigenvalue weighted by Crippen LogP contribution is 2.14. The molecule has 8 nitrogen and oxygen atoms in total. The fourth-order valence-electron chi connectivity index (χ4n) is 3.58. The van der Waals surface area contributed by atoms with Crippen molar-refractivity contribution in [2.24, 2.45) is 5.73 Å². The Morgan fingerprint density at radius 2 is 1.68 bits per heavy atom. The minimum Gasteiger partial charge on any atom is -0.353 e. The second-order valence-electron chi connectivity index (χ2n) is 8.05. The van der Waals surface area contributed by atoms with Crippen LogP contribution in [0.1, 0.15) is 35.8 Å². The van der Waals surface area contributed by atoms with Crippen molar-refractivity contribution in [2.75, 3.05) is 44.6 Å². The van der Waals surface area contributed by atoms with Gasteiger partial charge in [-0.05, 0) is 43.7 Å². The molecule has 1 fully saturated rings. The third-order valence-corrected chi connectivity index (χ3v) is 5.62. The van der Waals surface area contributed by atoms with E-state index in [1.54, 1.807) is 48.8 Å². The van der Waals surface area contributed by atoms with Crippen LogP contribution in [-0.2, 0) is 4.79 Å². The zero-order valence-electron chi connectivity index (χ0n) is 18.3. The maximum absolute atomic E-state index is 12.4. The number of nitrogens with zero attached hydrogens (tertiary/aromatic N) is 3. The molecule has 1 aliphatic heterocycles. The SMILES string of the molecule is CC(C)N1CCN(CCNC(=O)C(N)c2ccc(C(=O)Nc3ccncc3)cc2)CC1. The topological polar surface area (TPSA) is 104 Å². The Kier molecular flexibility index (Phi) is 8.11. The molecule has 1 atom stereocenters. The second-order valence-corrected chi connectivity index (χ2v) is 8.05. The number of pyridine rings is 1. The molecule has 1 saturated heterocycles. The average Bonchev–Trinajstić information content (AvgIpc) is 2.79. The lowest BCUT2D eigenvalue weighted by Crippen LogP contribution is -2.50. The first-order valence-electron chi connectivity index (χ1n) is 10.7. The van der Waals surface area contributed by atoms with E-state index in [4.69, 9.17) is 5.73 Å². The molecule has 1 aromatic heterocycles. The number of piperazine rings is 1. The van der Waals surface area contributed by atoms with E-state index in [2.05, 4.69) is 39.3 Å². The summed E-state index contributed by atoms with van der Waals surface area (Å²) in [6, 6.07) is 10.0. The van der Waals surface area contributed by atoms with Crippen molar-refractivity contribution in [2.45, 2.75) is 25.9 Å². The Labute approximate surface area is 183 Å². The van der Waals surface area contributed by atoms with Gasteiger partial charge in [-0.2, -0.15) is 0 Å². The van der Waals surface area contributed by atoms with Crippen LogP contribution in [0.4, 0.5) is 5.69 Å². The highest BCUT2D eigenvalue weighted by atomic mass is 16.2. The number of anilines is 1. The molecule has 3 rings (SSSR count). The van der Waals surface area contributed by atoms with Crippen molar-refractivity contribution >= 4 is 17.5 Å². The summed E-state index contributed by atoms with van der Waals surface area (Å²) in [6.07, 6.45) is 3.23. The quantitative estimate of drug-likeness (QED) is 0.593. The van der Waals surface area contributed by atoms with Gasteiger partial charge in [0.1, 0.15) is 6.04 Å². The molecule has 1 aromatic carbocycles. The molecule has 2 amide bonds. The minimum atomic E-state index is -0.768. The Balaban J connectivity index is 1.43. The monoisotopic (exact) mass is 424 g/mol. The number of nitrogens with two attached hydrogens (primary N) is 1. The number of hydrogen-bond acceptors (Lipinski definition) is 6. The van der Waals surface area contributed by atoms with Crippen LogP contribution in [0, 0.1) is 0 Å². The fraction of sp³-hybridized carbons (Fsp3) is 0.435. The third-order valence-electron chi connectivity index (χ3n) is 5.62. The molecule has 0 bridgehead atoms. The first-order chi connectivity index (χ1) is 14.9. The van der Waals surface area contributed by atoms with Crippen LogP contribution in [0.15, 0.2) is 48.8 Å². The number of carbonyl (C=O) groups excluding carboxylic acids is 2. The molecule has 2 heterocycles. The molecule has 8 heteroatoms. The Morgan fingerprint density at radius 1 is 1.03 bits per heavy atom. The van der Waals surface area contributed by atoms with Gasteiger partial charge in [0.2, 0.25) is 5.91 Å². The lowest BCUT2D eigenvalue weighted by molar-refractivity contribution is -0.122. The number of rotatable bonds is 8. The van der Waals surface area contributed by atoms with E-state index < -0.39 is 6.04 Å². The van der Waals surface area contributed by atoms with Crippen molar-refractivity contribution in [3.63, 3.8) is 0 Å². The number of hydrogen-bond donors (Lipinski definition) is 3. The first-order valence-corrected chi connectivity index (χ1v) is 10.7. The number of carbonyl (C=O) groups is 2. The fourth-order valence-corrected chi connectivity index (χ4v) is 3.58. The van der Waals surface area contributed by atoms with Crippen LogP contribution in [0.2, 0.25) is 0 Å². The van der Waals surface area contributed by atoms with Gasteiger partial charge in [-0.1, -0.05) is 12.1 Å². The molecule has 1 unspecified atom stereocenters. The molecule has 0 radical (unpaired) electrons. The van der Waals surface area contributed by atoms with Gasteiger partial charge in [0.25, 0.3) is 5.91 Å². The van der Waals surface area contributed by atoms with E-state index in [0.717, 1.165) is 32.7 Å². The van der Waals surface area contributed by atoms with Crippen molar-refractivity contribution in [1.29, 1.82) is 0 Å². The standard InChI is InChI=1S/C23H32N6O2/c1-17(2)29-15-13-28(14-16-29)12-11-26-23(31)21(24)18-3-5-19(6-4-18)22(30)27-20-7-9-25-10-8-20/h3-10,17,21H,11-16,24H2,1-2H3,(H,26,31)(H,25,27,30). The van der Waals surface area contributed by atoms with E-state index in [0.29, 0.717) is 29.4 Å². The summed E-state index contributed by atoms with van der Waals surface area (Å²) in [5.74, 6) is -0.442. The average molecular weight is 425 g/mol. The maximum Gasteiger partial charge on any atom is 0.255 e. The molecular formula is C23H32N6O2. The van der Waals surface area contributed by atoms with Gasteiger partial charge < -0.3 is 16.4 Å². The van der Waals surface area contributed by atoms with Crippen molar-refractivity contribution in [3.8, 4) is 0 Å². The smallest absolute Gasteiger partial charge is 0.255 e. The molecule has 1 aliphatic rings. The van der Waals surface area contributed by atoms with Crippen LogP contribution in [0.25, 0.3) is 0 Å². The van der Waals surface area contributed by atoms with Crippen molar-refractivity contribution in [3.05, 3.63) is 59.9 Å². The van der Waals surface area contributed by atoms with E-state index in [9.17, 15) is 9.59 Å². The summed E-state index contributed by atoms with van der Waals surface area (Å²) < 4.78 is 0. The lowest BCUT2D eigenvalue weighted by atomic mass is 10.0. The van der Waals surface area contributed by atoms with E-state index >= 15 is 0 Å². The van der Waals surface area contributed by atoms with Crippen LogP contribution >= 0.6 is 0 Å². The molecule has 0 saturated carbocycles. The van der Waals surface area contributed by atoms with Gasteiger partial charge >= 0.3 is 0 Å². The van der Waals surface area contributed by atoms with E-state index in [-0.39, 0.29) is 11.8 Å². The van der Waals surface area contributed by atoms with Crippen LogP contribution in [-0.4, -0.2) is 71.9 Å². The zero-order valence-corrected chi connectivity index (χ0v) is 18.3. The van der Waals surface area contributed by atoms with Crippen molar-refractivity contribution in [1.82, 2.24) is 20.1 Å². The molecule has 31 heavy (non-hydrogen) atoms. The predicted molar refractivity (Wildman–Crippen MR) is 122 cm³/mol. The number of amides is 2. The molecule has 2 aromatic rings. The van der Waals surface area contributed by atoms with E-state index in [1.165, 1.54) is 0 Å². The molecule has 0 spiro atoms. The third kappa shape index (κ3) is 6.58. The number of aromatic nitrogens is 1. The van der Waals surface area contributed by atoms with Crippen molar-refractivity contribution < 1.29 is 9.59 Å². The van der Waals surface area contributed by atoms with Crippen LogP contribution in [0.3, 0.4) is 0 Å². The van der Waals surface area contributed by atoms with Gasteiger partial charge in [-0.3, -0.25) is 24.4 Å². The normalized spacial score (nSPS) is 16.1. The van der Waals surface area contributed by atoms with Gasteiger partial charge in [-0.15, -0.1) is 0 Å². The summed E-state index contributed by atoms with van der Waals surface area (Å²) in [5, 5.41) is 5.73. The van der Waals surface area contributed by atoms with Gasteiger partial charge in [-0.25, -0.2) is 0 Å². The molecule has 0 aliphatic carbocycles. The van der Waals surface area contributed by atoms with Gasteiger partial charge in [0, 0.05) is 69.0 Å². The first kappa shape index (κ1) is 22.9.